The lowest BCUT2D eigenvalue weighted by atomic mass is 9.94. The fourth-order valence-electron chi connectivity index (χ4n) is 8.81. The number of azide groups is 1. The minimum absolute atomic E-state index is 0.116. The second-order valence-electron chi connectivity index (χ2n) is 19.9. The summed E-state index contributed by atoms with van der Waals surface area (Å²) in [5.41, 5.74) is 11.3. The molecule has 25 heteroatoms. The number of rotatable bonds is 23. The Bertz CT molecular complexity index is 2590. The standard InChI is InChI=1S/C54H67N3O21Si/c1-30-42(75-50(63)37-21-15-11-16-22-37)46(49(53(69-30)65-25-26-79(7,8)9)76-51(64)38-23-17-12-18-24-38)78-52-41(56-57-55)45(43(70-33(4)60)39(73-52)28-66-31(2)58)77-54-48(68-27-36-19-13-10-14-20-36)47(72-35(6)62)44(71-34(5)61)40(74-54)29-67-32(3)59/h10-24,30,39-49,52-54H,25-29H2,1-9H3/t30-,39+,40+,41+,42-,43+,44-,45+,46+,47-,48+,49+,52+,53+,54+/m0/s1. The topological polar surface area (TPSA) is 297 Å². The van der Waals surface area contributed by atoms with Gasteiger partial charge >= 0.3 is 41.8 Å². The highest BCUT2D eigenvalue weighted by molar-refractivity contribution is 6.76. The van der Waals surface area contributed by atoms with Crippen LogP contribution in [0, 0.1) is 0 Å². The summed E-state index contributed by atoms with van der Waals surface area (Å²) in [4.78, 5) is 95.1. The Morgan fingerprint density at radius 2 is 0.987 bits per heavy atom. The van der Waals surface area contributed by atoms with Gasteiger partial charge in [0.1, 0.15) is 49.8 Å². The van der Waals surface area contributed by atoms with Gasteiger partial charge in [-0.1, -0.05) is 91.5 Å². The summed E-state index contributed by atoms with van der Waals surface area (Å²) in [6.45, 7) is 12.1. The molecule has 0 radical (unpaired) electrons. The first-order valence-corrected chi connectivity index (χ1v) is 29.2. The maximum Gasteiger partial charge on any atom is 0.338 e. The number of carbonyl (C=O) groups is 7. The molecule has 15 atom stereocenters. The number of ether oxygens (including phenoxy) is 14. The van der Waals surface area contributed by atoms with Crippen molar-refractivity contribution in [2.45, 2.75) is 166 Å². The van der Waals surface area contributed by atoms with Gasteiger partial charge in [-0.25, -0.2) is 9.59 Å². The molecular formula is C54H67N3O21Si. The van der Waals surface area contributed by atoms with Crippen molar-refractivity contribution in [1.29, 1.82) is 0 Å². The van der Waals surface area contributed by atoms with E-state index in [1.165, 1.54) is 24.3 Å². The zero-order chi connectivity index (χ0) is 57.4. The third-order valence-electron chi connectivity index (χ3n) is 12.4. The fourth-order valence-corrected chi connectivity index (χ4v) is 9.54. The smallest absolute Gasteiger partial charge is 0.338 e. The summed E-state index contributed by atoms with van der Waals surface area (Å²) in [6, 6.07) is 23.5. The van der Waals surface area contributed by atoms with E-state index < -0.39 is 155 Å². The molecule has 6 rings (SSSR count). The molecule has 3 aromatic carbocycles. The lowest BCUT2D eigenvalue weighted by Crippen LogP contribution is -2.68. The van der Waals surface area contributed by atoms with Crippen molar-refractivity contribution in [3.8, 4) is 0 Å². The molecule has 0 bridgehead atoms. The van der Waals surface area contributed by atoms with E-state index in [0.29, 0.717) is 11.6 Å². The maximum absolute atomic E-state index is 14.2. The summed E-state index contributed by atoms with van der Waals surface area (Å²) < 4.78 is 86.6. The highest BCUT2D eigenvalue weighted by atomic mass is 28.3. The number of carbonyl (C=O) groups excluding carboxylic acids is 7. The zero-order valence-corrected chi connectivity index (χ0v) is 46.3. The molecule has 3 fully saturated rings. The van der Waals surface area contributed by atoms with E-state index >= 15 is 0 Å². The Morgan fingerprint density at radius 1 is 0.519 bits per heavy atom. The van der Waals surface area contributed by atoms with Crippen LogP contribution in [-0.4, -0.2) is 162 Å². The van der Waals surface area contributed by atoms with Crippen LogP contribution < -0.4 is 0 Å². The molecule has 24 nitrogen and oxygen atoms in total. The largest absolute Gasteiger partial charge is 0.463 e. The molecule has 3 heterocycles. The van der Waals surface area contributed by atoms with E-state index in [-0.39, 0.29) is 24.3 Å². The lowest BCUT2D eigenvalue weighted by molar-refractivity contribution is -0.365. The monoisotopic (exact) mass is 1120 g/mol. The first-order valence-electron chi connectivity index (χ1n) is 25.5. The molecule has 3 aromatic rings. The van der Waals surface area contributed by atoms with Gasteiger partial charge in [0.2, 0.25) is 0 Å². The van der Waals surface area contributed by atoms with Crippen LogP contribution >= 0.6 is 0 Å². The Labute approximate surface area is 457 Å². The number of benzene rings is 3. The second-order valence-corrected chi connectivity index (χ2v) is 25.6. The first-order chi connectivity index (χ1) is 37.6. The van der Waals surface area contributed by atoms with Gasteiger partial charge in [-0.05, 0) is 48.3 Å². The average Bonchev–Trinajstić information content (AvgIpc) is 3.49. The molecule has 3 aliphatic rings. The Balaban J connectivity index is 1.52. The van der Waals surface area contributed by atoms with Crippen molar-refractivity contribution >= 4 is 49.9 Å². The van der Waals surface area contributed by atoms with Crippen molar-refractivity contribution in [1.82, 2.24) is 0 Å². The van der Waals surface area contributed by atoms with Gasteiger partial charge in [-0.2, -0.15) is 0 Å². The van der Waals surface area contributed by atoms with Gasteiger partial charge in [-0.3, -0.25) is 24.0 Å². The van der Waals surface area contributed by atoms with Gasteiger partial charge in [-0.15, -0.1) is 0 Å². The molecule has 0 unspecified atom stereocenters. The molecular weight excluding hydrogens is 1050 g/mol. The zero-order valence-electron chi connectivity index (χ0n) is 45.3. The molecule has 0 spiro atoms. The summed E-state index contributed by atoms with van der Waals surface area (Å²) in [5, 5.41) is 4.08. The van der Waals surface area contributed by atoms with E-state index in [1.807, 2.05) is 0 Å². The van der Waals surface area contributed by atoms with Gasteiger partial charge in [0.05, 0.1) is 23.8 Å². The predicted molar refractivity (Wildman–Crippen MR) is 275 cm³/mol. The Kier molecular flexibility index (Phi) is 22.5. The van der Waals surface area contributed by atoms with Crippen molar-refractivity contribution in [3.63, 3.8) is 0 Å². The Morgan fingerprint density at radius 3 is 1.48 bits per heavy atom. The van der Waals surface area contributed by atoms with Gasteiger partial charge in [0.15, 0.2) is 49.4 Å². The molecule has 79 heavy (non-hydrogen) atoms. The molecule has 0 saturated carbocycles. The normalized spacial score (nSPS) is 28.6. The lowest BCUT2D eigenvalue weighted by Gasteiger charge is -2.50. The highest BCUT2D eigenvalue weighted by Gasteiger charge is 2.59. The Hall–Kier alpha value is -6.80. The van der Waals surface area contributed by atoms with Crippen molar-refractivity contribution in [2.24, 2.45) is 5.11 Å². The van der Waals surface area contributed by atoms with Crippen molar-refractivity contribution in [2.75, 3.05) is 19.8 Å². The minimum atomic E-state index is -1.91. The quantitative estimate of drug-likeness (QED) is 0.0265. The molecule has 3 aliphatic heterocycles. The average molecular weight is 1120 g/mol. The molecule has 0 aromatic heterocycles. The van der Waals surface area contributed by atoms with Crippen molar-refractivity contribution in [3.05, 3.63) is 118 Å². The van der Waals surface area contributed by atoms with E-state index in [1.54, 1.807) is 73.7 Å². The maximum atomic E-state index is 14.2. The third-order valence-corrected chi connectivity index (χ3v) is 14.1. The SMILES string of the molecule is CC(=O)OC[C@H]1O[C@H](O[C@@H]2[C@@H](N=[N+]=[N-])[C@@H](O[C@@H]3[C@@H](OC(=O)c4ccccc4)[C@H](C)O[C@@H](OCC[Si](C)(C)C)[C@@H]3OC(=O)c3ccccc3)O[C@H](COC(C)=O)[C@H]2OC(C)=O)[C@H](OCc2ccccc2)[C@@H](OC(C)=O)[C@H]1OC(C)=O. The van der Waals surface area contributed by atoms with E-state index in [2.05, 4.69) is 29.7 Å². The number of hydrogen-bond acceptors (Lipinski definition) is 22. The predicted octanol–water partition coefficient (Wildman–Crippen LogP) is 5.94. The second kappa shape index (κ2) is 28.9. The molecule has 0 aliphatic carbocycles. The molecule has 0 N–H and O–H groups in total. The van der Waals surface area contributed by atoms with E-state index in [0.717, 1.165) is 34.6 Å². The van der Waals surface area contributed by atoms with Gasteiger partial charge in [0, 0.05) is 54.2 Å². The molecule has 428 valence electrons. The van der Waals surface area contributed by atoms with Crippen LogP contribution in [0.1, 0.15) is 67.8 Å². The van der Waals surface area contributed by atoms with Crippen LogP contribution in [-0.2, 0) is 96.9 Å². The summed E-state index contributed by atoms with van der Waals surface area (Å²) in [5.74, 6) is -5.90. The summed E-state index contributed by atoms with van der Waals surface area (Å²) >= 11 is 0. The summed E-state index contributed by atoms with van der Waals surface area (Å²) in [7, 11) is -1.77. The number of hydrogen-bond donors (Lipinski definition) is 0. The summed E-state index contributed by atoms with van der Waals surface area (Å²) in [6.07, 6.45) is -22.1. The fraction of sp³-hybridized carbons (Fsp3) is 0.537. The van der Waals surface area contributed by atoms with Crippen molar-refractivity contribution < 1.29 is 99.9 Å². The van der Waals surface area contributed by atoms with Gasteiger partial charge in [0.25, 0.3) is 0 Å². The van der Waals surface area contributed by atoms with Crippen LogP contribution in [0.2, 0.25) is 25.7 Å². The molecule has 3 saturated heterocycles. The van der Waals surface area contributed by atoms with E-state index in [9.17, 15) is 39.1 Å². The highest BCUT2D eigenvalue weighted by Crippen LogP contribution is 2.39. The number of esters is 7. The van der Waals surface area contributed by atoms with Crippen LogP contribution in [0.15, 0.2) is 96.1 Å². The van der Waals surface area contributed by atoms with Gasteiger partial charge < -0.3 is 66.3 Å². The van der Waals surface area contributed by atoms with Crippen LogP contribution in [0.25, 0.3) is 10.4 Å². The van der Waals surface area contributed by atoms with Crippen LogP contribution in [0.3, 0.4) is 0 Å². The molecule has 0 amide bonds. The minimum Gasteiger partial charge on any atom is -0.463 e. The van der Waals surface area contributed by atoms with Crippen LogP contribution in [0.4, 0.5) is 0 Å². The van der Waals surface area contributed by atoms with Crippen LogP contribution in [0.5, 0.6) is 0 Å². The number of nitrogens with zero attached hydrogens (tertiary/aromatic N) is 3. The van der Waals surface area contributed by atoms with E-state index in [4.69, 9.17) is 66.3 Å². The third kappa shape index (κ3) is 17.8. The first kappa shape index (κ1) is 61.4.